The summed E-state index contributed by atoms with van der Waals surface area (Å²) in [6.45, 7) is 13.0. The van der Waals surface area contributed by atoms with Gasteiger partial charge in [0, 0.05) is 35.6 Å². The van der Waals surface area contributed by atoms with Crippen LogP contribution in [0.1, 0.15) is 57.6 Å². The topological polar surface area (TPSA) is 25.8 Å². The van der Waals surface area contributed by atoms with Gasteiger partial charge >= 0.3 is 0 Å². The molecule has 3 aromatic carbocycles. The van der Waals surface area contributed by atoms with Crippen LogP contribution in [0.4, 0.5) is 0 Å². The maximum atomic E-state index is 4.90. The Bertz CT molecular complexity index is 1870. The number of nitrogens with zero attached hydrogens (tertiary/aromatic N) is 2. The van der Waals surface area contributed by atoms with E-state index >= 15 is 0 Å². The van der Waals surface area contributed by atoms with E-state index in [2.05, 4.69) is 142 Å². The number of rotatable bonds is 11. The Labute approximate surface area is 268 Å². The lowest BCUT2D eigenvalue weighted by Crippen LogP contribution is -2.03. The van der Waals surface area contributed by atoms with Crippen molar-refractivity contribution in [1.29, 1.82) is 0 Å². The third-order valence-electron chi connectivity index (χ3n) is 8.54. The number of aromatic nitrogens is 2. The van der Waals surface area contributed by atoms with Crippen molar-refractivity contribution < 1.29 is 0 Å². The highest BCUT2D eigenvalue weighted by Crippen LogP contribution is 2.40. The fourth-order valence-electron chi connectivity index (χ4n) is 6.00. The van der Waals surface area contributed by atoms with Gasteiger partial charge in [-0.05, 0) is 82.1 Å². The number of hydrogen-bond donors (Lipinski definition) is 0. The van der Waals surface area contributed by atoms with E-state index in [9.17, 15) is 0 Å². The maximum Gasteiger partial charge on any atom is 0.0708 e. The summed E-state index contributed by atoms with van der Waals surface area (Å²) in [5.41, 5.74) is 12.0. The molecule has 2 nitrogen and oxygen atoms in total. The van der Waals surface area contributed by atoms with E-state index in [1.165, 1.54) is 44.2 Å². The SMILES string of the molecule is C=C\C=C/C(=C(\C)C(C)c1cccc2c(-c3ccc(-c4ccncc4)cn3)cccc12)C(=C(/C=C\CC)CC)/c1ccccc1. The summed E-state index contributed by atoms with van der Waals surface area (Å²) in [7, 11) is 0. The first kappa shape index (κ1) is 31.3. The van der Waals surface area contributed by atoms with Crippen molar-refractivity contribution in [1.82, 2.24) is 9.97 Å². The van der Waals surface area contributed by atoms with Crippen LogP contribution in [0.5, 0.6) is 0 Å². The van der Waals surface area contributed by atoms with Crippen LogP contribution in [-0.4, -0.2) is 9.97 Å². The molecule has 2 aromatic heterocycles. The molecule has 0 radical (unpaired) electrons. The summed E-state index contributed by atoms with van der Waals surface area (Å²) in [6, 6.07) is 32.3. The molecule has 5 aromatic rings. The van der Waals surface area contributed by atoms with E-state index in [1.54, 1.807) is 0 Å². The molecule has 0 saturated carbocycles. The van der Waals surface area contributed by atoms with Crippen molar-refractivity contribution in [2.24, 2.45) is 0 Å². The highest BCUT2D eigenvalue weighted by Gasteiger charge is 2.19. The molecule has 0 N–H and O–H groups in total. The van der Waals surface area contributed by atoms with Crippen LogP contribution >= 0.6 is 0 Å². The molecule has 0 bridgehead atoms. The van der Waals surface area contributed by atoms with Crippen molar-refractivity contribution in [3.8, 4) is 22.4 Å². The number of allylic oxidation sites excluding steroid dienone is 9. The lowest BCUT2D eigenvalue weighted by atomic mass is 9.81. The smallest absolute Gasteiger partial charge is 0.0708 e. The molecule has 0 amide bonds. The quantitative estimate of drug-likeness (QED) is 0.144. The lowest BCUT2D eigenvalue weighted by Gasteiger charge is -2.23. The van der Waals surface area contributed by atoms with Crippen molar-refractivity contribution in [3.05, 3.63) is 174 Å². The molecule has 224 valence electrons. The molecule has 1 unspecified atom stereocenters. The summed E-state index contributed by atoms with van der Waals surface area (Å²) < 4.78 is 0. The van der Waals surface area contributed by atoms with E-state index in [0.29, 0.717) is 0 Å². The second-order valence-corrected chi connectivity index (χ2v) is 11.3. The van der Waals surface area contributed by atoms with E-state index in [1.807, 2.05) is 36.8 Å². The number of pyridine rings is 2. The third kappa shape index (κ3) is 7.02. The summed E-state index contributed by atoms with van der Waals surface area (Å²) in [5, 5.41) is 2.46. The maximum absolute atomic E-state index is 4.90. The molecular formula is C43H42N2. The first-order chi connectivity index (χ1) is 22.1. The van der Waals surface area contributed by atoms with Crippen LogP contribution in [0, 0.1) is 0 Å². The standard InChI is InChI=1S/C43H42N2/c1-6-9-16-33(8-3)43(35-17-12-11-13-18-35)38(19-10-7-2)32(5)31(4)37-20-14-22-40-39(37)21-15-23-41(40)42-25-24-36(30-45-42)34-26-28-44-29-27-34/h7,9-31H,2,6,8H2,1,3-5H3/b16-9-,19-10-,38-32-,43-33+. The molecular weight excluding hydrogens is 544 g/mol. The van der Waals surface area contributed by atoms with Gasteiger partial charge in [-0.1, -0.05) is 136 Å². The van der Waals surface area contributed by atoms with Crippen molar-refractivity contribution in [3.63, 3.8) is 0 Å². The van der Waals surface area contributed by atoms with Crippen LogP contribution in [0.25, 0.3) is 38.7 Å². The van der Waals surface area contributed by atoms with Crippen LogP contribution < -0.4 is 0 Å². The normalized spacial score (nSPS) is 13.6. The van der Waals surface area contributed by atoms with Crippen LogP contribution in [0.3, 0.4) is 0 Å². The molecule has 2 heteroatoms. The third-order valence-corrected chi connectivity index (χ3v) is 8.54. The molecule has 0 aliphatic heterocycles. The van der Waals surface area contributed by atoms with Gasteiger partial charge in [0.1, 0.15) is 0 Å². The monoisotopic (exact) mass is 586 g/mol. The van der Waals surface area contributed by atoms with Gasteiger partial charge in [0.25, 0.3) is 0 Å². The Hall–Kier alpha value is -5.08. The minimum absolute atomic E-state index is 0.169. The fraction of sp³-hybridized carbons (Fsp3) is 0.163. The average molecular weight is 587 g/mol. The zero-order valence-corrected chi connectivity index (χ0v) is 26.9. The minimum atomic E-state index is 0.169. The molecule has 0 aliphatic rings. The van der Waals surface area contributed by atoms with E-state index in [4.69, 9.17) is 4.98 Å². The summed E-state index contributed by atoms with van der Waals surface area (Å²) >= 11 is 0. The fourth-order valence-corrected chi connectivity index (χ4v) is 6.00. The predicted octanol–water partition coefficient (Wildman–Crippen LogP) is 12.0. The van der Waals surface area contributed by atoms with Gasteiger partial charge in [-0.15, -0.1) is 0 Å². The molecule has 1 atom stereocenters. The summed E-state index contributed by atoms with van der Waals surface area (Å²) in [6.07, 6.45) is 18.3. The first-order valence-electron chi connectivity index (χ1n) is 15.9. The van der Waals surface area contributed by atoms with E-state index in [0.717, 1.165) is 35.2 Å². The number of hydrogen-bond acceptors (Lipinski definition) is 2. The van der Waals surface area contributed by atoms with Gasteiger partial charge in [0.05, 0.1) is 5.69 Å². The van der Waals surface area contributed by atoms with Crippen LogP contribution in [0.2, 0.25) is 0 Å². The molecule has 0 fully saturated rings. The minimum Gasteiger partial charge on any atom is -0.265 e. The molecule has 5 rings (SSSR count). The lowest BCUT2D eigenvalue weighted by molar-refractivity contribution is 0.896. The van der Waals surface area contributed by atoms with Gasteiger partial charge in [-0.3, -0.25) is 9.97 Å². The van der Waals surface area contributed by atoms with Crippen LogP contribution in [0.15, 0.2) is 163 Å². The Morgan fingerprint density at radius 2 is 1.56 bits per heavy atom. The van der Waals surface area contributed by atoms with Crippen LogP contribution in [-0.2, 0) is 0 Å². The summed E-state index contributed by atoms with van der Waals surface area (Å²) in [5.74, 6) is 0.169. The van der Waals surface area contributed by atoms with Gasteiger partial charge in [-0.25, -0.2) is 0 Å². The van der Waals surface area contributed by atoms with Gasteiger partial charge in [0.15, 0.2) is 0 Å². The Morgan fingerprint density at radius 3 is 2.24 bits per heavy atom. The van der Waals surface area contributed by atoms with Gasteiger partial charge in [-0.2, -0.15) is 0 Å². The number of fused-ring (bicyclic) bond motifs is 1. The van der Waals surface area contributed by atoms with Crippen molar-refractivity contribution in [2.45, 2.75) is 46.5 Å². The highest BCUT2D eigenvalue weighted by molar-refractivity contribution is 5.98. The van der Waals surface area contributed by atoms with Crippen molar-refractivity contribution in [2.75, 3.05) is 0 Å². The molecule has 2 heterocycles. The number of benzene rings is 3. The second-order valence-electron chi connectivity index (χ2n) is 11.3. The predicted molar refractivity (Wildman–Crippen MR) is 194 cm³/mol. The molecule has 0 aliphatic carbocycles. The van der Waals surface area contributed by atoms with E-state index in [-0.39, 0.29) is 5.92 Å². The Balaban J connectivity index is 1.64. The second kappa shape index (κ2) is 15.1. The van der Waals surface area contributed by atoms with Gasteiger partial charge < -0.3 is 0 Å². The largest absolute Gasteiger partial charge is 0.265 e. The zero-order valence-electron chi connectivity index (χ0n) is 26.9. The highest BCUT2D eigenvalue weighted by atomic mass is 14.7. The van der Waals surface area contributed by atoms with Gasteiger partial charge in [0.2, 0.25) is 0 Å². The van der Waals surface area contributed by atoms with E-state index < -0.39 is 0 Å². The summed E-state index contributed by atoms with van der Waals surface area (Å²) in [4.78, 5) is 9.04. The Kier molecular flexibility index (Phi) is 10.5. The average Bonchev–Trinajstić information content (AvgIpc) is 3.10. The molecule has 0 saturated heterocycles. The van der Waals surface area contributed by atoms with Crippen molar-refractivity contribution >= 4 is 16.3 Å². The zero-order chi connectivity index (χ0) is 31.6. The Morgan fingerprint density at radius 1 is 0.800 bits per heavy atom. The first-order valence-corrected chi connectivity index (χ1v) is 15.9. The molecule has 45 heavy (non-hydrogen) atoms. The molecule has 0 spiro atoms.